The van der Waals surface area contributed by atoms with E-state index in [-0.39, 0.29) is 10.3 Å². The van der Waals surface area contributed by atoms with Crippen molar-refractivity contribution in [3.05, 3.63) is 30.3 Å². The van der Waals surface area contributed by atoms with Gasteiger partial charge in [0.2, 0.25) is 0 Å². The van der Waals surface area contributed by atoms with E-state index in [0.29, 0.717) is 13.2 Å². The molecule has 0 bridgehead atoms. The van der Waals surface area contributed by atoms with Crippen LogP contribution in [-0.2, 0) is 9.05 Å². The van der Waals surface area contributed by atoms with Crippen molar-refractivity contribution in [1.29, 1.82) is 0 Å². The Balaban J connectivity index is 2.77. The summed E-state index contributed by atoms with van der Waals surface area (Å²) < 4.78 is 13.2. The van der Waals surface area contributed by atoms with Crippen LogP contribution in [0.1, 0.15) is 48.0 Å². The molecule has 1 heterocycles. The Morgan fingerprint density at radius 1 is 0.900 bits per heavy atom. The number of hydrogen-bond acceptors (Lipinski definition) is 2. The summed E-state index contributed by atoms with van der Waals surface area (Å²) in [5.74, 6) is 0. The maximum atomic E-state index is 6.62. The van der Waals surface area contributed by atoms with Gasteiger partial charge >= 0.3 is 123 Å². The van der Waals surface area contributed by atoms with Gasteiger partial charge in [-0.1, -0.05) is 0 Å². The monoisotopic (exact) mass is 296 g/mol. The van der Waals surface area contributed by atoms with Gasteiger partial charge in [-0.3, -0.25) is 0 Å². The van der Waals surface area contributed by atoms with E-state index in [4.69, 9.17) is 9.05 Å². The van der Waals surface area contributed by atoms with Crippen LogP contribution in [-0.4, -0.2) is 23.5 Å². The standard InChI is InChI=1S/C17H29O2P/c1-7-18-20(19-8-2,15-12-10-9-11-13-15)16(3,4)14-17(20,5)6/h9-13H,7-8,14H2,1-6H3. The first kappa shape index (κ1) is 15.9. The van der Waals surface area contributed by atoms with Crippen molar-refractivity contribution in [2.45, 2.75) is 58.3 Å². The fourth-order valence-corrected chi connectivity index (χ4v) is 12.5. The van der Waals surface area contributed by atoms with Crippen LogP contribution in [0.25, 0.3) is 0 Å². The normalized spacial score (nSPS) is 27.0. The molecule has 114 valence electrons. The zero-order valence-corrected chi connectivity index (χ0v) is 14.7. The van der Waals surface area contributed by atoms with E-state index >= 15 is 0 Å². The predicted molar refractivity (Wildman–Crippen MR) is 89.0 cm³/mol. The van der Waals surface area contributed by atoms with Gasteiger partial charge in [0.1, 0.15) is 0 Å². The van der Waals surface area contributed by atoms with Gasteiger partial charge in [-0.15, -0.1) is 0 Å². The second-order valence-electron chi connectivity index (χ2n) is 6.93. The number of rotatable bonds is 5. The molecule has 0 aromatic heterocycles. The average Bonchev–Trinajstić information content (AvgIpc) is 2.37. The van der Waals surface area contributed by atoms with E-state index in [9.17, 15) is 0 Å². The molecule has 0 spiro atoms. The first-order valence-corrected chi connectivity index (χ1v) is 9.72. The molecule has 0 unspecified atom stereocenters. The third-order valence-electron chi connectivity index (χ3n) is 5.04. The summed E-state index contributed by atoms with van der Waals surface area (Å²) in [5, 5.41) is 1.38. The van der Waals surface area contributed by atoms with Crippen LogP contribution < -0.4 is 5.30 Å². The number of hydrogen-bond donors (Lipinski definition) is 0. The molecule has 1 aromatic carbocycles. The van der Waals surface area contributed by atoms with Crippen LogP contribution in [0.5, 0.6) is 0 Å². The van der Waals surface area contributed by atoms with Crippen molar-refractivity contribution >= 4 is 12.4 Å². The molecule has 0 aliphatic carbocycles. The average molecular weight is 296 g/mol. The van der Waals surface area contributed by atoms with Gasteiger partial charge in [-0.2, -0.15) is 0 Å². The van der Waals surface area contributed by atoms with E-state index in [1.807, 2.05) is 0 Å². The van der Waals surface area contributed by atoms with E-state index < -0.39 is 7.06 Å². The molecule has 0 saturated carbocycles. The Morgan fingerprint density at radius 3 is 1.70 bits per heavy atom. The maximum absolute atomic E-state index is 6.62. The third kappa shape index (κ3) is 1.56. The summed E-state index contributed by atoms with van der Waals surface area (Å²) in [6.07, 6.45) is 1.13. The van der Waals surface area contributed by atoms with E-state index in [1.54, 1.807) is 0 Å². The molecular formula is C17H29O2P. The molecule has 1 aliphatic rings. The van der Waals surface area contributed by atoms with Gasteiger partial charge < -0.3 is 0 Å². The van der Waals surface area contributed by atoms with Crippen LogP contribution in [0.15, 0.2) is 30.3 Å². The summed E-state index contributed by atoms with van der Waals surface area (Å²) >= 11 is 0. The topological polar surface area (TPSA) is 18.5 Å². The molecule has 1 aliphatic heterocycles. The first-order chi connectivity index (χ1) is 9.28. The summed E-state index contributed by atoms with van der Waals surface area (Å²) in [5.41, 5.74) is 0. The molecule has 0 atom stereocenters. The predicted octanol–water partition coefficient (Wildman–Crippen LogP) is 4.73. The van der Waals surface area contributed by atoms with Crippen LogP contribution in [0.3, 0.4) is 0 Å². The Labute approximate surface area is 124 Å². The fraction of sp³-hybridized carbons (Fsp3) is 0.647. The van der Waals surface area contributed by atoms with Crippen molar-refractivity contribution in [3.63, 3.8) is 0 Å². The SMILES string of the molecule is CCOP1(OCC)(c2ccccc2)C(C)(C)CC1(C)C. The first-order valence-electron chi connectivity index (χ1n) is 7.65. The molecular weight excluding hydrogens is 267 g/mol. The Bertz CT molecular complexity index is 455. The molecule has 1 aromatic rings. The second-order valence-corrected chi connectivity index (χ2v) is 12.3. The summed E-state index contributed by atoms with van der Waals surface area (Å²) in [6, 6.07) is 10.7. The van der Waals surface area contributed by atoms with Crippen LogP contribution >= 0.6 is 7.06 Å². The molecule has 2 nitrogen and oxygen atoms in total. The van der Waals surface area contributed by atoms with Crippen LogP contribution in [0.2, 0.25) is 0 Å². The zero-order chi connectivity index (χ0) is 15.1. The van der Waals surface area contributed by atoms with Gasteiger partial charge in [-0.25, -0.2) is 0 Å². The van der Waals surface area contributed by atoms with Crippen LogP contribution in [0.4, 0.5) is 0 Å². The van der Waals surface area contributed by atoms with Crippen LogP contribution in [0, 0.1) is 0 Å². The summed E-state index contributed by atoms with van der Waals surface area (Å²) in [4.78, 5) is 0. The summed E-state index contributed by atoms with van der Waals surface area (Å²) in [7, 11) is -2.92. The Kier molecular flexibility index (Phi) is 3.83. The molecule has 0 N–H and O–H groups in total. The van der Waals surface area contributed by atoms with E-state index in [0.717, 1.165) is 6.42 Å². The quantitative estimate of drug-likeness (QED) is 0.731. The molecule has 1 saturated heterocycles. The molecule has 3 heteroatoms. The van der Waals surface area contributed by atoms with Gasteiger partial charge in [0.05, 0.1) is 0 Å². The van der Waals surface area contributed by atoms with Crippen molar-refractivity contribution in [2.24, 2.45) is 0 Å². The second kappa shape index (κ2) is 4.80. The molecule has 2 rings (SSSR count). The van der Waals surface area contributed by atoms with Gasteiger partial charge in [-0.05, 0) is 0 Å². The molecule has 20 heavy (non-hydrogen) atoms. The minimum absolute atomic E-state index is 0.0580. The Hall–Kier alpha value is -0.430. The fourth-order valence-electron chi connectivity index (χ4n) is 4.85. The molecule has 0 amide bonds. The van der Waals surface area contributed by atoms with E-state index in [1.165, 1.54) is 5.30 Å². The van der Waals surface area contributed by atoms with Gasteiger partial charge in [0.25, 0.3) is 0 Å². The van der Waals surface area contributed by atoms with Crippen molar-refractivity contribution in [2.75, 3.05) is 13.2 Å². The Morgan fingerprint density at radius 2 is 1.35 bits per heavy atom. The van der Waals surface area contributed by atoms with E-state index in [2.05, 4.69) is 71.9 Å². The van der Waals surface area contributed by atoms with Crippen molar-refractivity contribution < 1.29 is 9.05 Å². The molecule has 0 radical (unpaired) electrons. The minimum atomic E-state index is -2.92. The van der Waals surface area contributed by atoms with Crippen molar-refractivity contribution in [3.8, 4) is 0 Å². The van der Waals surface area contributed by atoms with Gasteiger partial charge in [0.15, 0.2) is 0 Å². The van der Waals surface area contributed by atoms with Gasteiger partial charge in [0, 0.05) is 0 Å². The zero-order valence-electron chi connectivity index (χ0n) is 13.8. The third-order valence-corrected chi connectivity index (χ3v) is 12.5. The van der Waals surface area contributed by atoms with Crippen molar-refractivity contribution in [1.82, 2.24) is 0 Å². The number of benzene rings is 1. The summed E-state index contributed by atoms with van der Waals surface area (Å²) in [6.45, 7) is 14.8. The molecule has 1 fully saturated rings.